The molecule has 0 heterocycles. The van der Waals surface area contributed by atoms with Crippen LogP contribution in [0.4, 0.5) is 0 Å². The first-order valence-corrected chi connectivity index (χ1v) is 19.7. The molecule has 0 N–H and O–H groups in total. The van der Waals surface area contributed by atoms with Crippen LogP contribution < -0.4 is 0 Å². The Labute approximate surface area is 188 Å². The second kappa shape index (κ2) is 8.29. The first kappa shape index (κ1) is 21.3. The van der Waals surface area contributed by atoms with E-state index in [0.29, 0.717) is 9.54 Å². The first-order valence-electron chi connectivity index (χ1n) is 10.4. The Kier molecular flexibility index (Phi) is 6.09. The van der Waals surface area contributed by atoms with E-state index in [1.807, 2.05) is 15.4 Å². The molecule has 0 nitrogen and oxygen atoms in total. The van der Waals surface area contributed by atoms with Crippen LogP contribution in [0, 0.1) is 5.92 Å². The van der Waals surface area contributed by atoms with Crippen molar-refractivity contribution < 1.29 is 20.4 Å². The Morgan fingerprint density at radius 1 is 0.862 bits per heavy atom. The van der Waals surface area contributed by atoms with Crippen LogP contribution in [-0.4, -0.2) is 5.43 Å². The van der Waals surface area contributed by atoms with Crippen molar-refractivity contribution in [2.24, 2.45) is 5.92 Å². The summed E-state index contributed by atoms with van der Waals surface area (Å²) in [5.41, 5.74) is 9.88. The molecule has 4 rings (SSSR count). The summed E-state index contributed by atoms with van der Waals surface area (Å²) in [6.45, 7) is 14.7. The zero-order valence-corrected chi connectivity index (χ0v) is 22.4. The van der Waals surface area contributed by atoms with Crippen molar-refractivity contribution in [1.29, 1.82) is 0 Å². The molecule has 2 aliphatic carbocycles. The predicted octanol–water partition coefficient (Wildman–Crippen LogP) is 7.96. The van der Waals surface area contributed by atoms with Crippen LogP contribution in [0.5, 0.6) is 0 Å². The summed E-state index contributed by atoms with van der Waals surface area (Å²) in [6.07, 6.45) is 2.61. The number of allylic oxidation sites excluding steroid dienone is 5. The first-order chi connectivity index (χ1) is 13.8. The standard InChI is InChI=1S/C15H10Cl.C9H13.C2H6Si.Zr/c16-15-8-4-3-7-14(15)13-10-9-11-5-1-2-6-12(11)13;1-6-5-7(2)9(4)8(6)3;1-3-2;/h1-10H;6H,1-4H3;1-2H3;. The van der Waals surface area contributed by atoms with Crippen LogP contribution in [0.15, 0.2) is 74.6 Å². The molecular weight excluding hydrogens is 467 g/mol. The molecule has 2 aromatic carbocycles. The van der Waals surface area contributed by atoms with Gasteiger partial charge in [0.25, 0.3) is 0 Å². The van der Waals surface area contributed by atoms with Crippen molar-refractivity contribution >= 4 is 22.6 Å². The number of hydrogen-bond acceptors (Lipinski definition) is 0. The van der Waals surface area contributed by atoms with Crippen molar-refractivity contribution in [3.8, 4) is 0 Å². The minimum absolute atomic E-state index is 0.372. The monoisotopic (exact) mass is 494 g/mol. The number of fused-ring (bicyclic) bond motifs is 1. The molecule has 0 bridgehead atoms. The predicted molar refractivity (Wildman–Crippen MR) is 125 cm³/mol. The van der Waals surface area contributed by atoms with E-state index in [2.05, 4.69) is 83.3 Å². The van der Waals surface area contributed by atoms with Gasteiger partial charge in [-0.1, -0.05) is 0 Å². The fourth-order valence-electron chi connectivity index (χ4n) is 5.06. The summed E-state index contributed by atoms with van der Waals surface area (Å²) in [7, 11) is 0. The van der Waals surface area contributed by atoms with Crippen molar-refractivity contribution in [1.82, 2.24) is 0 Å². The topological polar surface area (TPSA) is 0 Å². The van der Waals surface area contributed by atoms with Gasteiger partial charge >= 0.3 is 190 Å². The van der Waals surface area contributed by atoms with E-state index in [9.17, 15) is 0 Å². The molecule has 0 aliphatic heterocycles. The molecule has 3 heteroatoms. The van der Waals surface area contributed by atoms with Crippen molar-refractivity contribution in [3.63, 3.8) is 0 Å². The molecule has 0 saturated carbocycles. The van der Waals surface area contributed by atoms with Gasteiger partial charge < -0.3 is 0 Å². The molecular formula is C26H29ClSiZr. The molecule has 0 spiro atoms. The average molecular weight is 496 g/mol. The average Bonchev–Trinajstić information content (AvgIpc) is 3.16. The van der Waals surface area contributed by atoms with E-state index in [0.717, 1.165) is 5.02 Å². The quantitative estimate of drug-likeness (QED) is 0.379. The third-order valence-electron chi connectivity index (χ3n) is 6.86. The maximum absolute atomic E-state index is 6.64. The van der Waals surface area contributed by atoms with Crippen LogP contribution in [-0.2, 0) is 20.4 Å². The summed E-state index contributed by atoms with van der Waals surface area (Å²) in [4.78, 5) is 0. The van der Waals surface area contributed by atoms with Gasteiger partial charge in [-0.05, 0) is 0 Å². The third-order valence-corrected chi connectivity index (χ3v) is 25.8. The normalized spacial score (nSPS) is 20.9. The summed E-state index contributed by atoms with van der Waals surface area (Å²) >= 11 is 4.70. The fourth-order valence-corrected chi connectivity index (χ4v) is 25.0. The van der Waals surface area contributed by atoms with Gasteiger partial charge in [0, 0.05) is 0 Å². The zero-order chi connectivity index (χ0) is 20.9. The molecule has 0 saturated heterocycles. The summed E-state index contributed by atoms with van der Waals surface area (Å²) < 4.78 is 2.49. The Bertz CT molecular complexity index is 1130. The Hall–Kier alpha value is -0.950. The van der Waals surface area contributed by atoms with Gasteiger partial charge in [0.15, 0.2) is 0 Å². The van der Waals surface area contributed by atoms with Crippen LogP contribution >= 0.6 is 11.6 Å². The number of hydrogen-bond donors (Lipinski definition) is 0. The van der Waals surface area contributed by atoms with Gasteiger partial charge in [-0.15, -0.1) is 0 Å². The van der Waals surface area contributed by atoms with E-state index < -0.39 is 20.4 Å². The number of benzene rings is 2. The number of halogens is 1. The van der Waals surface area contributed by atoms with Gasteiger partial charge in [0.2, 0.25) is 0 Å². The summed E-state index contributed by atoms with van der Waals surface area (Å²) in [6, 6.07) is 17.4. The Morgan fingerprint density at radius 3 is 2.07 bits per heavy atom. The van der Waals surface area contributed by atoms with E-state index in [4.69, 9.17) is 11.6 Å². The molecule has 2 atom stereocenters. The van der Waals surface area contributed by atoms with E-state index >= 15 is 0 Å². The van der Waals surface area contributed by atoms with E-state index in [-0.39, 0.29) is 5.43 Å². The molecule has 29 heavy (non-hydrogen) atoms. The second-order valence-electron chi connectivity index (χ2n) is 8.61. The zero-order valence-electron chi connectivity index (χ0n) is 18.2. The van der Waals surface area contributed by atoms with Gasteiger partial charge in [0.1, 0.15) is 0 Å². The molecule has 148 valence electrons. The van der Waals surface area contributed by atoms with Crippen LogP contribution in [0.2, 0.25) is 18.1 Å². The van der Waals surface area contributed by atoms with Gasteiger partial charge in [-0.3, -0.25) is 0 Å². The van der Waals surface area contributed by atoms with Gasteiger partial charge in [-0.2, -0.15) is 0 Å². The SMILES string of the molecule is CC1=C(C)C(C)[C]([Zr]([CH]2C=C(c3ccccc3Cl)c3ccccc32)=[Si](C)C)=C1C. The molecule has 0 aromatic heterocycles. The molecule has 0 radical (unpaired) electrons. The molecule has 2 unspecified atom stereocenters. The third kappa shape index (κ3) is 3.56. The summed E-state index contributed by atoms with van der Waals surface area (Å²) in [5, 5.41) is 0.857. The van der Waals surface area contributed by atoms with E-state index in [1.54, 1.807) is 22.3 Å². The number of rotatable bonds is 3. The van der Waals surface area contributed by atoms with Crippen molar-refractivity contribution in [2.45, 2.75) is 44.4 Å². The summed E-state index contributed by atoms with van der Waals surface area (Å²) in [5.74, 6) is 0.634. The van der Waals surface area contributed by atoms with Crippen LogP contribution in [0.25, 0.3) is 5.57 Å². The molecule has 2 aromatic rings. The van der Waals surface area contributed by atoms with E-state index in [1.165, 1.54) is 16.7 Å². The molecule has 2 aliphatic rings. The maximum atomic E-state index is 6.64. The minimum atomic E-state index is -1.94. The molecule has 0 fully saturated rings. The van der Waals surface area contributed by atoms with Crippen LogP contribution in [0.3, 0.4) is 0 Å². The fraction of sp³-hybridized carbons (Fsp3) is 0.308. The molecule has 0 amide bonds. The second-order valence-corrected chi connectivity index (χ2v) is 26.5. The van der Waals surface area contributed by atoms with Gasteiger partial charge in [-0.25, -0.2) is 0 Å². The van der Waals surface area contributed by atoms with Gasteiger partial charge in [0.05, 0.1) is 0 Å². The Morgan fingerprint density at radius 2 is 1.48 bits per heavy atom. The van der Waals surface area contributed by atoms with Crippen LogP contribution in [0.1, 0.15) is 48.0 Å². The van der Waals surface area contributed by atoms with Crippen molar-refractivity contribution in [2.75, 3.05) is 0 Å². The Balaban J connectivity index is 1.93. The van der Waals surface area contributed by atoms with Crippen molar-refractivity contribution in [3.05, 3.63) is 96.3 Å².